The van der Waals surface area contributed by atoms with E-state index in [2.05, 4.69) is 0 Å². The highest BCUT2D eigenvalue weighted by Gasteiger charge is 2.20. The Hall–Kier alpha value is -1.85. The Labute approximate surface area is 118 Å². The quantitative estimate of drug-likeness (QED) is 0.642. The second-order valence-electron chi connectivity index (χ2n) is 5.66. The molecule has 0 heterocycles. The fourth-order valence-electron chi connectivity index (χ4n) is 1.97. The van der Waals surface area contributed by atoms with Crippen molar-refractivity contribution in [2.24, 2.45) is 0 Å². The number of carbonyl (C=O) groups excluding carboxylic acids is 1. The summed E-state index contributed by atoms with van der Waals surface area (Å²) < 4.78 is 5.37. The summed E-state index contributed by atoms with van der Waals surface area (Å²) >= 11 is 0. The van der Waals surface area contributed by atoms with E-state index in [4.69, 9.17) is 4.74 Å². The zero-order valence-electron chi connectivity index (χ0n) is 11.8. The predicted molar refractivity (Wildman–Crippen MR) is 78.9 cm³/mol. The van der Waals surface area contributed by atoms with Crippen molar-refractivity contribution in [2.45, 2.75) is 26.4 Å². The van der Waals surface area contributed by atoms with Crippen LogP contribution in [0.4, 0.5) is 0 Å². The molecular weight excluding hydrogens is 255 g/mol. The third kappa shape index (κ3) is 3.18. The van der Waals surface area contributed by atoms with Crippen molar-refractivity contribution < 1.29 is 19.6 Å². The summed E-state index contributed by atoms with van der Waals surface area (Å²) in [5, 5.41) is 19.8. The van der Waals surface area contributed by atoms with E-state index in [1.165, 1.54) is 0 Å². The van der Waals surface area contributed by atoms with Crippen LogP contribution in [0.1, 0.15) is 31.1 Å². The van der Waals surface area contributed by atoms with Gasteiger partial charge >= 0.3 is 13.1 Å². The lowest BCUT2D eigenvalue weighted by molar-refractivity contribution is 0.00718. The molecule has 5 heteroatoms. The van der Waals surface area contributed by atoms with Crippen LogP contribution in [0, 0.1) is 0 Å². The molecule has 0 aliphatic rings. The fraction of sp³-hybridized carbons (Fsp3) is 0.267. The molecule has 0 aliphatic carbocycles. The maximum Gasteiger partial charge on any atom is 0.488 e. The molecule has 0 spiro atoms. The average Bonchev–Trinajstić information content (AvgIpc) is 2.35. The molecule has 2 aromatic rings. The van der Waals surface area contributed by atoms with Gasteiger partial charge in [-0.25, -0.2) is 4.79 Å². The molecular formula is C15H17BO4. The summed E-state index contributed by atoms with van der Waals surface area (Å²) in [4.78, 5) is 12.2. The summed E-state index contributed by atoms with van der Waals surface area (Å²) in [7, 11) is -1.52. The molecule has 20 heavy (non-hydrogen) atoms. The van der Waals surface area contributed by atoms with Crippen LogP contribution in [0.15, 0.2) is 36.4 Å². The van der Waals surface area contributed by atoms with Gasteiger partial charge < -0.3 is 14.8 Å². The lowest BCUT2D eigenvalue weighted by Gasteiger charge is -2.20. The minimum absolute atomic E-state index is 0.388. The molecule has 0 atom stereocenters. The molecule has 2 rings (SSSR count). The molecule has 0 aliphatic heterocycles. The van der Waals surface area contributed by atoms with Crippen molar-refractivity contribution in [2.75, 3.05) is 0 Å². The Morgan fingerprint density at radius 1 is 1.15 bits per heavy atom. The minimum atomic E-state index is -1.52. The fourth-order valence-corrected chi connectivity index (χ4v) is 1.97. The van der Waals surface area contributed by atoms with Gasteiger partial charge in [0.2, 0.25) is 0 Å². The Morgan fingerprint density at radius 2 is 1.85 bits per heavy atom. The molecule has 2 N–H and O–H groups in total. The Morgan fingerprint density at radius 3 is 2.45 bits per heavy atom. The number of carbonyl (C=O) groups is 1. The highest BCUT2D eigenvalue weighted by Crippen LogP contribution is 2.21. The van der Waals surface area contributed by atoms with Crippen LogP contribution in [0.3, 0.4) is 0 Å². The number of fused-ring (bicyclic) bond motifs is 1. The first-order valence-electron chi connectivity index (χ1n) is 6.40. The molecule has 0 aromatic heterocycles. The van der Waals surface area contributed by atoms with Gasteiger partial charge in [0.05, 0.1) is 5.56 Å². The van der Waals surface area contributed by atoms with Crippen LogP contribution in [0.25, 0.3) is 10.8 Å². The molecule has 104 valence electrons. The van der Waals surface area contributed by atoms with Gasteiger partial charge in [-0.05, 0) is 43.1 Å². The molecule has 0 bridgehead atoms. The van der Waals surface area contributed by atoms with E-state index in [0.29, 0.717) is 11.0 Å². The lowest BCUT2D eigenvalue weighted by atomic mass is 9.79. The summed E-state index contributed by atoms with van der Waals surface area (Å²) in [5.74, 6) is -0.389. The number of rotatable bonds is 2. The van der Waals surface area contributed by atoms with Crippen LogP contribution < -0.4 is 5.46 Å². The van der Waals surface area contributed by atoms with Crippen molar-refractivity contribution in [3.05, 3.63) is 42.0 Å². The third-order valence-electron chi connectivity index (χ3n) is 2.82. The smallest absolute Gasteiger partial charge is 0.456 e. The predicted octanol–water partition coefficient (Wildman–Crippen LogP) is 1.47. The number of hydrogen-bond acceptors (Lipinski definition) is 4. The van der Waals surface area contributed by atoms with Gasteiger partial charge in [-0.2, -0.15) is 0 Å². The lowest BCUT2D eigenvalue weighted by Crippen LogP contribution is -2.29. The van der Waals surface area contributed by atoms with Crippen molar-refractivity contribution in [3.63, 3.8) is 0 Å². The molecule has 0 radical (unpaired) electrons. The molecule has 0 saturated heterocycles. The monoisotopic (exact) mass is 272 g/mol. The van der Waals surface area contributed by atoms with Crippen LogP contribution >= 0.6 is 0 Å². The van der Waals surface area contributed by atoms with Crippen molar-refractivity contribution in [3.8, 4) is 0 Å². The van der Waals surface area contributed by atoms with E-state index < -0.39 is 12.7 Å². The van der Waals surface area contributed by atoms with E-state index in [1.807, 2.05) is 26.8 Å². The molecule has 0 unspecified atom stereocenters. The van der Waals surface area contributed by atoms with Gasteiger partial charge in [0.1, 0.15) is 5.60 Å². The van der Waals surface area contributed by atoms with Gasteiger partial charge in [-0.1, -0.05) is 30.3 Å². The summed E-state index contributed by atoms with van der Waals surface area (Å²) in [6.45, 7) is 5.45. The number of benzene rings is 2. The summed E-state index contributed by atoms with van der Waals surface area (Å²) in [6.07, 6.45) is 0. The summed E-state index contributed by atoms with van der Waals surface area (Å²) in [5.41, 5.74) is 0.302. The third-order valence-corrected chi connectivity index (χ3v) is 2.82. The van der Waals surface area contributed by atoms with Crippen molar-refractivity contribution in [1.82, 2.24) is 0 Å². The molecule has 0 amide bonds. The van der Waals surface area contributed by atoms with Gasteiger partial charge in [0.25, 0.3) is 0 Å². The van der Waals surface area contributed by atoms with Crippen molar-refractivity contribution >= 4 is 29.3 Å². The van der Waals surface area contributed by atoms with Crippen LogP contribution in [-0.4, -0.2) is 28.7 Å². The molecule has 4 nitrogen and oxygen atoms in total. The van der Waals surface area contributed by atoms with Gasteiger partial charge in [0, 0.05) is 0 Å². The van der Waals surface area contributed by atoms with E-state index in [-0.39, 0.29) is 5.97 Å². The van der Waals surface area contributed by atoms with E-state index in [1.54, 1.807) is 30.3 Å². The highest BCUT2D eigenvalue weighted by molar-refractivity contribution is 6.58. The zero-order valence-corrected chi connectivity index (χ0v) is 11.8. The SMILES string of the molecule is CC(C)(C)OC(=O)c1cccc2cc(B(O)O)ccc12. The van der Waals surface area contributed by atoms with Gasteiger partial charge in [0.15, 0.2) is 0 Å². The van der Waals surface area contributed by atoms with Crippen LogP contribution in [-0.2, 0) is 4.74 Å². The molecule has 2 aromatic carbocycles. The van der Waals surface area contributed by atoms with Gasteiger partial charge in [-0.3, -0.25) is 0 Å². The van der Waals surface area contributed by atoms with E-state index in [9.17, 15) is 14.8 Å². The number of esters is 1. The number of ether oxygens (including phenoxy) is 1. The maximum atomic E-state index is 12.2. The van der Waals surface area contributed by atoms with Gasteiger partial charge in [-0.15, -0.1) is 0 Å². The van der Waals surface area contributed by atoms with E-state index >= 15 is 0 Å². The minimum Gasteiger partial charge on any atom is -0.456 e. The maximum absolute atomic E-state index is 12.2. The normalized spacial score (nSPS) is 11.4. The Balaban J connectivity index is 2.47. The highest BCUT2D eigenvalue weighted by atomic mass is 16.6. The second kappa shape index (κ2) is 5.27. The second-order valence-corrected chi connectivity index (χ2v) is 5.66. The molecule has 0 saturated carbocycles. The van der Waals surface area contributed by atoms with Crippen LogP contribution in [0.2, 0.25) is 0 Å². The van der Waals surface area contributed by atoms with E-state index in [0.717, 1.165) is 10.8 Å². The van der Waals surface area contributed by atoms with Crippen LogP contribution in [0.5, 0.6) is 0 Å². The standard InChI is InChI=1S/C15H17BO4/c1-15(2,3)20-14(17)13-6-4-5-10-9-11(16(18)19)7-8-12(10)13/h4-9,18-19H,1-3H3. The molecule has 0 fully saturated rings. The first kappa shape index (κ1) is 14.6. The zero-order chi connectivity index (χ0) is 14.9. The largest absolute Gasteiger partial charge is 0.488 e. The Bertz CT molecular complexity index is 644. The summed E-state index contributed by atoms with van der Waals surface area (Å²) in [6, 6.07) is 10.2. The average molecular weight is 272 g/mol. The first-order chi connectivity index (χ1) is 9.28. The van der Waals surface area contributed by atoms with Crippen molar-refractivity contribution in [1.29, 1.82) is 0 Å². The number of hydrogen-bond donors (Lipinski definition) is 2. The first-order valence-corrected chi connectivity index (χ1v) is 6.40. The topological polar surface area (TPSA) is 66.8 Å². The Kier molecular flexibility index (Phi) is 3.83.